The highest BCUT2D eigenvalue weighted by atomic mass is 16.8. The highest BCUT2D eigenvalue weighted by Crippen LogP contribution is 2.34. The molecule has 0 spiro atoms. The molecule has 5 heteroatoms. The zero-order valence-corrected chi connectivity index (χ0v) is 11.9. The molecule has 1 fully saturated rings. The molecule has 0 N–H and O–H groups in total. The van der Waals surface area contributed by atoms with E-state index in [1.54, 1.807) is 14.0 Å². The largest absolute Gasteiger partial charge is 0.510 e. The third kappa shape index (κ3) is 4.13. The molecule has 0 radical (unpaired) electrons. The maximum Gasteiger partial charge on any atom is 0.510 e. The Hall–Kier alpha value is -1.75. The number of epoxide rings is 1. The molecular formula is C15H20O5. The summed E-state index contributed by atoms with van der Waals surface area (Å²) in [5.74, 6) is 0.0972. The lowest BCUT2D eigenvalue weighted by molar-refractivity contribution is -0.0378. The monoisotopic (exact) mass is 280 g/mol. The van der Waals surface area contributed by atoms with Crippen LogP contribution in [0.3, 0.4) is 0 Å². The van der Waals surface area contributed by atoms with Crippen molar-refractivity contribution in [1.82, 2.24) is 0 Å². The van der Waals surface area contributed by atoms with Crippen LogP contribution in [0.2, 0.25) is 0 Å². The third-order valence-corrected chi connectivity index (χ3v) is 3.18. The molecule has 0 bridgehead atoms. The predicted molar refractivity (Wildman–Crippen MR) is 72.7 cm³/mol. The summed E-state index contributed by atoms with van der Waals surface area (Å²) in [6.07, 6.45) is 1.81. The van der Waals surface area contributed by atoms with Crippen LogP contribution in [0, 0.1) is 0 Å². The first-order chi connectivity index (χ1) is 9.67. The molecule has 1 saturated heterocycles. The normalized spacial score (nSPS) is 20.3. The average Bonchev–Trinajstić information content (AvgIpc) is 3.19. The Morgan fingerprint density at radius 3 is 2.60 bits per heavy atom. The first kappa shape index (κ1) is 14.7. The summed E-state index contributed by atoms with van der Waals surface area (Å²) < 4.78 is 20.3. The van der Waals surface area contributed by atoms with Gasteiger partial charge in [0.15, 0.2) is 0 Å². The minimum Gasteiger partial charge on any atom is -0.497 e. The van der Waals surface area contributed by atoms with Crippen molar-refractivity contribution >= 4 is 6.16 Å². The molecule has 5 nitrogen and oxygen atoms in total. The Balaban J connectivity index is 1.73. The van der Waals surface area contributed by atoms with Gasteiger partial charge in [-0.2, -0.15) is 0 Å². The first-order valence-corrected chi connectivity index (χ1v) is 6.80. The van der Waals surface area contributed by atoms with Crippen LogP contribution in [0.4, 0.5) is 4.79 Å². The minimum absolute atomic E-state index is 0.306. The Kier molecular flexibility index (Phi) is 4.84. The van der Waals surface area contributed by atoms with E-state index in [2.05, 4.69) is 0 Å². The standard InChI is InChI=1S/C15H20O5/c1-3-18-14(16)20-15(11-19-15)10-4-5-12-6-8-13(17-2)9-7-12/h6-9H,3-5,10-11H2,1-2H3. The van der Waals surface area contributed by atoms with E-state index in [-0.39, 0.29) is 0 Å². The quantitative estimate of drug-likeness (QED) is 0.567. The first-order valence-electron chi connectivity index (χ1n) is 6.80. The second-order valence-corrected chi connectivity index (χ2v) is 4.69. The smallest absolute Gasteiger partial charge is 0.497 e. The van der Waals surface area contributed by atoms with E-state index in [0.717, 1.165) is 18.6 Å². The highest BCUT2D eigenvalue weighted by Gasteiger charge is 2.49. The molecule has 2 rings (SSSR count). The number of rotatable bonds is 7. The van der Waals surface area contributed by atoms with Gasteiger partial charge in [-0.15, -0.1) is 0 Å². The lowest BCUT2D eigenvalue weighted by Crippen LogP contribution is -2.22. The number of hydrogen-bond donors (Lipinski definition) is 0. The molecular weight excluding hydrogens is 260 g/mol. The molecule has 1 aromatic carbocycles. The van der Waals surface area contributed by atoms with Crippen molar-refractivity contribution in [2.45, 2.75) is 32.0 Å². The van der Waals surface area contributed by atoms with Gasteiger partial charge in [-0.05, 0) is 37.5 Å². The Labute approximate surface area is 118 Å². The zero-order chi connectivity index (χ0) is 14.4. The van der Waals surface area contributed by atoms with Gasteiger partial charge in [0, 0.05) is 6.42 Å². The van der Waals surface area contributed by atoms with Crippen LogP contribution in [0.15, 0.2) is 24.3 Å². The maximum absolute atomic E-state index is 11.3. The maximum atomic E-state index is 11.3. The average molecular weight is 280 g/mol. The van der Waals surface area contributed by atoms with Crippen molar-refractivity contribution in [2.75, 3.05) is 20.3 Å². The second kappa shape index (κ2) is 6.61. The van der Waals surface area contributed by atoms with Crippen LogP contribution in [-0.2, 0) is 20.6 Å². The lowest BCUT2D eigenvalue weighted by atomic mass is 10.1. The molecule has 20 heavy (non-hydrogen) atoms. The summed E-state index contributed by atoms with van der Waals surface area (Å²) in [5, 5.41) is 0. The van der Waals surface area contributed by atoms with E-state index in [1.165, 1.54) is 5.56 Å². The number of methoxy groups -OCH3 is 1. The minimum atomic E-state index is -0.751. The Morgan fingerprint density at radius 2 is 2.05 bits per heavy atom. The molecule has 0 amide bonds. The number of carbonyl (C=O) groups excluding carboxylic acids is 1. The summed E-state index contributed by atoms with van der Waals surface area (Å²) >= 11 is 0. The van der Waals surface area contributed by atoms with Gasteiger partial charge in [0.2, 0.25) is 5.79 Å². The van der Waals surface area contributed by atoms with Crippen molar-refractivity contribution < 1.29 is 23.7 Å². The van der Waals surface area contributed by atoms with Gasteiger partial charge in [-0.1, -0.05) is 12.1 Å². The number of carbonyl (C=O) groups is 1. The van der Waals surface area contributed by atoms with E-state index >= 15 is 0 Å². The van der Waals surface area contributed by atoms with Crippen molar-refractivity contribution in [2.24, 2.45) is 0 Å². The van der Waals surface area contributed by atoms with Crippen LogP contribution >= 0.6 is 0 Å². The van der Waals surface area contributed by atoms with Gasteiger partial charge in [0.1, 0.15) is 12.4 Å². The summed E-state index contributed by atoms with van der Waals surface area (Å²) in [7, 11) is 1.65. The molecule has 1 aliphatic rings. The van der Waals surface area contributed by atoms with E-state index in [4.69, 9.17) is 18.9 Å². The van der Waals surface area contributed by atoms with Crippen LogP contribution in [-0.4, -0.2) is 32.3 Å². The van der Waals surface area contributed by atoms with Crippen LogP contribution < -0.4 is 4.74 Å². The summed E-state index contributed by atoms with van der Waals surface area (Å²) in [6.45, 7) is 2.50. The molecule has 1 heterocycles. The second-order valence-electron chi connectivity index (χ2n) is 4.69. The summed E-state index contributed by atoms with van der Waals surface area (Å²) in [5.41, 5.74) is 1.22. The van der Waals surface area contributed by atoms with E-state index in [9.17, 15) is 4.79 Å². The molecule has 0 aromatic heterocycles. The fourth-order valence-electron chi connectivity index (χ4n) is 1.99. The summed E-state index contributed by atoms with van der Waals surface area (Å²) in [4.78, 5) is 11.3. The topological polar surface area (TPSA) is 57.3 Å². The van der Waals surface area contributed by atoms with Gasteiger partial charge in [0.25, 0.3) is 0 Å². The van der Waals surface area contributed by atoms with Gasteiger partial charge in [-0.3, -0.25) is 0 Å². The Bertz CT molecular complexity index is 436. The van der Waals surface area contributed by atoms with Crippen molar-refractivity contribution in [3.8, 4) is 5.75 Å². The van der Waals surface area contributed by atoms with Crippen molar-refractivity contribution in [1.29, 1.82) is 0 Å². The van der Waals surface area contributed by atoms with Crippen molar-refractivity contribution in [3.63, 3.8) is 0 Å². The van der Waals surface area contributed by atoms with Gasteiger partial charge in [-0.25, -0.2) is 4.79 Å². The fraction of sp³-hybridized carbons (Fsp3) is 0.533. The molecule has 110 valence electrons. The molecule has 0 saturated carbocycles. The van der Waals surface area contributed by atoms with Gasteiger partial charge < -0.3 is 18.9 Å². The van der Waals surface area contributed by atoms with Crippen molar-refractivity contribution in [3.05, 3.63) is 29.8 Å². The molecule has 1 aliphatic heterocycles. The SMILES string of the molecule is CCOC(=O)OC1(CCCc2ccc(OC)cc2)CO1. The third-order valence-electron chi connectivity index (χ3n) is 3.18. The predicted octanol–water partition coefficient (Wildman–Crippen LogP) is 2.92. The molecule has 1 atom stereocenters. The highest BCUT2D eigenvalue weighted by molar-refractivity contribution is 5.60. The van der Waals surface area contributed by atoms with Crippen LogP contribution in [0.25, 0.3) is 0 Å². The van der Waals surface area contributed by atoms with Crippen LogP contribution in [0.5, 0.6) is 5.75 Å². The Morgan fingerprint density at radius 1 is 1.35 bits per heavy atom. The van der Waals surface area contributed by atoms with E-state index in [0.29, 0.717) is 19.6 Å². The van der Waals surface area contributed by atoms with Crippen LogP contribution in [0.1, 0.15) is 25.3 Å². The number of ether oxygens (including phenoxy) is 4. The fourth-order valence-corrected chi connectivity index (χ4v) is 1.99. The molecule has 1 unspecified atom stereocenters. The summed E-state index contributed by atoms with van der Waals surface area (Å²) in [6, 6.07) is 7.94. The number of hydrogen-bond acceptors (Lipinski definition) is 5. The van der Waals surface area contributed by atoms with Gasteiger partial charge in [0.05, 0.1) is 13.7 Å². The zero-order valence-electron chi connectivity index (χ0n) is 11.9. The van der Waals surface area contributed by atoms with E-state index < -0.39 is 11.9 Å². The van der Waals surface area contributed by atoms with Gasteiger partial charge >= 0.3 is 6.16 Å². The lowest BCUT2D eigenvalue weighted by Gasteiger charge is -2.12. The molecule has 1 aromatic rings. The van der Waals surface area contributed by atoms with E-state index in [1.807, 2.05) is 24.3 Å². The number of benzene rings is 1. The molecule has 0 aliphatic carbocycles. The number of aryl methyl sites for hydroxylation is 1.